The number of hydrogen-bond donors (Lipinski definition) is 2. The fraction of sp³-hybridized carbons (Fsp3) is 0.818. The van der Waals surface area contributed by atoms with Gasteiger partial charge in [-0.2, -0.15) is 0 Å². The number of methoxy groups -OCH3 is 1. The predicted molar refractivity (Wildman–Crippen MR) is 69.3 cm³/mol. The Morgan fingerprint density at radius 1 is 1.50 bits per heavy atom. The molecular formula is C11H22N2O2S. The molecule has 0 rings (SSSR count). The molecule has 0 aliphatic carbocycles. The van der Waals surface area contributed by atoms with Gasteiger partial charge in [-0.3, -0.25) is 4.79 Å². The lowest BCUT2D eigenvalue weighted by Gasteiger charge is -2.20. The maximum absolute atomic E-state index is 11.9. The van der Waals surface area contributed by atoms with Crippen LogP contribution in [0.1, 0.15) is 33.1 Å². The second-order valence-electron chi connectivity index (χ2n) is 3.81. The second-order valence-corrected chi connectivity index (χ2v) is 4.28. The molecule has 2 atom stereocenters. The van der Waals surface area contributed by atoms with Crippen LogP contribution in [0.5, 0.6) is 0 Å². The summed E-state index contributed by atoms with van der Waals surface area (Å²) in [7, 11) is 1.62. The molecule has 0 aliphatic rings. The van der Waals surface area contributed by atoms with Crippen molar-refractivity contribution in [3.8, 4) is 0 Å². The zero-order valence-electron chi connectivity index (χ0n) is 10.3. The van der Waals surface area contributed by atoms with Gasteiger partial charge in [0.2, 0.25) is 5.91 Å². The first-order chi connectivity index (χ1) is 7.56. The summed E-state index contributed by atoms with van der Waals surface area (Å²) in [5, 5.41) is 2.90. The van der Waals surface area contributed by atoms with E-state index >= 15 is 0 Å². The zero-order valence-corrected chi connectivity index (χ0v) is 11.1. The molecular weight excluding hydrogens is 224 g/mol. The van der Waals surface area contributed by atoms with Crippen LogP contribution in [0.15, 0.2) is 0 Å². The molecule has 0 bridgehead atoms. The summed E-state index contributed by atoms with van der Waals surface area (Å²) in [6.45, 7) is 4.52. The van der Waals surface area contributed by atoms with Crippen molar-refractivity contribution in [2.24, 2.45) is 11.7 Å². The minimum atomic E-state index is -0.356. The molecule has 3 N–H and O–H groups in total. The van der Waals surface area contributed by atoms with Gasteiger partial charge in [-0.05, 0) is 12.8 Å². The summed E-state index contributed by atoms with van der Waals surface area (Å²) in [4.78, 5) is 12.2. The average molecular weight is 246 g/mol. The number of thiocarbonyl (C=S) groups is 1. The molecule has 0 saturated carbocycles. The number of carbonyl (C=O) groups is 1. The van der Waals surface area contributed by atoms with E-state index in [-0.39, 0.29) is 22.9 Å². The second kappa shape index (κ2) is 8.47. The van der Waals surface area contributed by atoms with Crippen LogP contribution >= 0.6 is 12.2 Å². The molecule has 0 aromatic heterocycles. The number of amides is 1. The highest BCUT2D eigenvalue weighted by molar-refractivity contribution is 7.80. The highest BCUT2D eigenvalue weighted by Gasteiger charge is 2.22. The first-order valence-electron chi connectivity index (χ1n) is 5.65. The van der Waals surface area contributed by atoms with Crippen LogP contribution in [0.4, 0.5) is 0 Å². The zero-order chi connectivity index (χ0) is 12.6. The van der Waals surface area contributed by atoms with Crippen LogP contribution in [-0.4, -0.2) is 30.7 Å². The van der Waals surface area contributed by atoms with E-state index in [0.717, 1.165) is 12.8 Å². The lowest BCUT2D eigenvalue weighted by Crippen LogP contribution is -2.44. The van der Waals surface area contributed by atoms with Gasteiger partial charge in [0.15, 0.2) is 0 Å². The first-order valence-corrected chi connectivity index (χ1v) is 6.06. The quantitative estimate of drug-likeness (QED) is 0.632. The summed E-state index contributed by atoms with van der Waals surface area (Å²) in [6.07, 6.45) is 2.41. The number of hydrogen-bond acceptors (Lipinski definition) is 3. The third-order valence-corrected chi connectivity index (χ3v) is 2.73. The van der Waals surface area contributed by atoms with Crippen molar-refractivity contribution in [3.05, 3.63) is 0 Å². The molecule has 5 heteroatoms. The molecule has 0 aromatic rings. The molecule has 0 aliphatic heterocycles. The molecule has 0 spiro atoms. The van der Waals surface area contributed by atoms with Crippen molar-refractivity contribution in [2.75, 3.05) is 13.7 Å². The Bertz CT molecular complexity index is 234. The van der Waals surface area contributed by atoms with Gasteiger partial charge in [-0.15, -0.1) is 0 Å². The van der Waals surface area contributed by atoms with Crippen molar-refractivity contribution in [2.45, 2.75) is 39.2 Å². The number of nitrogens with two attached hydrogens (primary N) is 1. The molecule has 94 valence electrons. The summed E-state index contributed by atoms with van der Waals surface area (Å²) in [5.74, 6) is -0.441. The Hall–Kier alpha value is -0.680. The fourth-order valence-corrected chi connectivity index (χ4v) is 1.68. The highest BCUT2D eigenvalue weighted by atomic mass is 32.1. The summed E-state index contributed by atoms with van der Waals surface area (Å²) < 4.78 is 5.02. The van der Waals surface area contributed by atoms with Crippen molar-refractivity contribution in [1.29, 1.82) is 0 Å². The molecule has 16 heavy (non-hydrogen) atoms. The van der Waals surface area contributed by atoms with Crippen LogP contribution in [0.25, 0.3) is 0 Å². The van der Waals surface area contributed by atoms with E-state index in [1.165, 1.54) is 0 Å². The summed E-state index contributed by atoms with van der Waals surface area (Å²) >= 11 is 4.90. The van der Waals surface area contributed by atoms with Crippen LogP contribution in [-0.2, 0) is 9.53 Å². The summed E-state index contributed by atoms with van der Waals surface area (Å²) in [5.41, 5.74) is 5.55. The molecule has 4 nitrogen and oxygen atoms in total. The molecule has 1 amide bonds. The van der Waals surface area contributed by atoms with E-state index in [2.05, 4.69) is 5.32 Å². The predicted octanol–water partition coefficient (Wildman–Crippen LogP) is 1.23. The monoisotopic (exact) mass is 246 g/mol. The largest absolute Gasteiger partial charge is 0.393 e. The van der Waals surface area contributed by atoms with E-state index in [1.807, 2.05) is 13.8 Å². The number of ether oxygens (including phenoxy) is 1. The smallest absolute Gasteiger partial charge is 0.230 e. The van der Waals surface area contributed by atoms with E-state index in [1.54, 1.807) is 7.11 Å². The Kier molecular flexibility index (Phi) is 8.11. The van der Waals surface area contributed by atoms with Gasteiger partial charge < -0.3 is 15.8 Å². The third-order valence-electron chi connectivity index (χ3n) is 2.44. The average Bonchev–Trinajstić information content (AvgIpc) is 2.24. The normalized spacial score (nSPS) is 14.2. The lowest BCUT2D eigenvalue weighted by molar-refractivity contribution is -0.124. The van der Waals surface area contributed by atoms with Gasteiger partial charge in [0.05, 0.1) is 23.6 Å². The standard InChI is InChI=1S/C11H22N2O2S/c1-4-6-9(10(12)16)11(14)13-8(5-2)7-15-3/h8-9H,4-7H2,1-3H3,(H2,12,16)(H,13,14). The first kappa shape index (κ1) is 15.3. The maximum atomic E-state index is 11.9. The lowest BCUT2D eigenvalue weighted by atomic mass is 10.0. The van der Waals surface area contributed by atoms with Gasteiger partial charge in [0.25, 0.3) is 0 Å². The Morgan fingerprint density at radius 3 is 2.50 bits per heavy atom. The van der Waals surface area contributed by atoms with E-state index in [0.29, 0.717) is 13.0 Å². The number of nitrogens with one attached hydrogen (secondary N) is 1. The Morgan fingerprint density at radius 2 is 2.12 bits per heavy atom. The van der Waals surface area contributed by atoms with Crippen LogP contribution < -0.4 is 11.1 Å². The van der Waals surface area contributed by atoms with Gasteiger partial charge in [-0.1, -0.05) is 32.5 Å². The molecule has 0 fully saturated rings. The topological polar surface area (TPSA) is 64.3 Å². The SMILES string of the molecule is CCCC(C(=O)NC(CC)COC)C(N)=S. The van der Waals surface area contributed by atoms with E-state index in [9.17, 15) is 4.79 Å². The molecule has 0 aromatic carbocycles. The van der Waals surface area contributed by atoms with Gasteiger partial charge >= 0.3 is 0 Å². The van der Waals surface area contributed by atoms with Gasteiger partial charge in [-0.25, -0.2) is 0 Å². The number of carbonyl (C=O) groups excluding carboxylic acids is 1. The summed E-state index contributed by atoms with van der Waals surface area (Å²) in [6, 6.07) is 0.0335. The van der Waals surface area contributed by atoms with Crippen molar-refractivity contribution < 1.29 is 9.53 Å². The van der Waals surface area contributed by atoms with E-state index in [4.69, 9.17) is 22.7 Å². The van der Waals surface area contributed by atoms with Crippen molar-refractivity contribution >= 4 is 23.1 Å². The molecule has 0 heterocycles. The fourth-order valence-electron chi connectivity index (χ4n) is 1.46. The van der Waals surface area contributed by atoms with Crippen molar-refractivity contribution in [3.63, 3.8) is 0 Å². The third kappa shape index (κ3) is 5.42. The Labute approximate surface area is 103 Å². The minimum absolute atomic E-state index is 0.0335. The van der Waals surface area contributed by atoms with Crippen molar-refractivity contribution in [1.82, 2.24) is 5.32 Å². The minimum Gasteiger partial charge on any atom is -0.393 e. The molecule has 0 radical (unpaired) electrons. The Balaban J connectivity index is 4.32. The van der Waals surface area contributed by atoms with Gasteiger partial charge in [0, 0.05) is 7.11 Å². The van der Waals surface area contributed by atoms with Crippen LogP contribution in [0.2, 0.25) is 0 Å². The van der Waals surface area contributed by atoms with Crippen LogP contribution in [0, 0.1) is 5.92 Å². The maximum Gasteiger partial charge on any atom is 0.230 e. The highest BCUT2D eigenvalue weighted by Crippen LogP contribution is 2.08. The molecule has 0 saturated heterocycles. The number of rotatable bonds is 8. The van der Waals surface area contributed by atoms with Gasteiger partial charge in [0.1, 0.15) is 0 Å². The molecule has 2 unspecified atom stereocenters. The van der Waals surface area contributed by atoms with E-state index < -0.39 is 0 Å². The van der Waals surface area contributed by atoms with Crippen LogP contribution in [0.3, 0.4) is 0 Å².